The van der Waals surface area contributed by atoms with E-state index in [1.807, 2.05) is 42.6 Å². The Bertz CT molecular complexity index is 4360. The molecular weight excluding hydrogens is 1180 g/mol. The Morgan fingerprint density at radius 3 is 1.29 bits per heavy atom. The first kappa shape index (κ1) is 51.5. The van der Waals surface area contributed by atoms with Crippen LogP contribution >= 0.6 is 0 Å². The van der Waals surface area contributed by atoms with E-state index in [1.54, 1.807) is 0 Å². The van der Waals surface area contributed by atoms with Crippen molar-refractivity contribution in [3.63, 3.8) is 0 Å². The van der Waals surface area contributed by atoms with Gasteiger partial charge in [-0.3, -0.25) is 0 Å². The molecule has 0 aliphatic carbocycles. The third-order valence-electron chi connectivity index (χ3n) is 15.1. The van der Waals surface area contributed by atoms with Crippen molar-refractivity contribution in [3.8, 4) is 123 Å². The second-order valence-corrected chi connectivity index (χ2v) is 20.7. The second kappa shape index (κ2) is 22.3. The zero-order chi connectivity index (χ0) is 54.2. The van der Waals surface area contributed by atoms with Crippen molar-refractivity contribution in [1.82, 2.24) is 19.9 Å². The summed E-state index contributed by atoms with van der Waals surface area (Å²) >= 11 is 0. The minimum absolute atomic E-state index is 0. The molecule has 0 N–H and O–H groups in total. The van der Waals surface area contributed by atoms with Gasteiger partial charge in [0.2, 0.25) is 0 Å². The number of fused-ring (bicyclic) bond motifs is 3. The number of hydrogen-bond acceptors (Lipinski definition) is 5. The minimum atomic E-state index is 0. The van der Waals surface area contributed by atoms with E-state index in [0.717, 1.165) is 122 Å². The molecule has 0 aliphatic rings. The van der Waals surface area contributed by atoms with Gasteiger partial charge in [-0.05, 0) is 129 Å². The standard InChI is InChI=1S/C76H51N4O.Ir/c1-49-38-50(2)40-61(39-49)64-28-15-16-29-65(64)66-36-34-55(47-69(66)67-31-19-33-72-73(67)68-30-17-18-32-71(68)81-72)70-37-35-56(48-77-70)74-78-75(62-43-57(51-20-7-3-8-21-51)41-58(44-62)52-22-9-4-10-23-52)80-76(79-74)63-45-59(53-24-11-5-12-25-53)42-60(46-63)54-26-13-6-14-27-54;/h3-33,35-48H,1-2H3;/q-1;. The molecule has 14 aromatic rings. The maximum Gasteiger partial charge on any atom is 0.165 e. The summed E-state index contributed by atoms with van der Waals surface area (Å²) in [5.74, 6) is 1.61. The Balaban J connectivity index is 0.00000631. The van der Waals surface area contributed by atoms with Crippen LogP contribution in [0.25, 0.3) is 145 Å². The van der Waals surface area contributed by atoms with Gasteiger partial charge in [-0.1, -0.05) is 234 Å². The number of aryl methyl sites for hydroxylation is 2. The van der Waals surface area contributed by atoms with Crippen molar-refractivity contribution < 1.29 is 24.5 Å². The van der Waals surface area contributed by atoms with Gasteiger partial charge in [0.25, 0.3) is 0 Å². The van der Waals surface area contributed by atoms with Gasteiger partial charge in [0.05, 0.1) is 0 Å². The van der Waals surface area contributed by atoms with E-state index in [1.165, 1.54) is 16.7 Å². The van der Waals surface area contributed by atoms with Crippen molar-refractivity contribution in [2.75, 3.05) is 0 Å². The molecule has 0 bridgehead atoms. The minimum Gasteiger partial charge on any atom is -0.456 e. The predicted octanol–water partition coefficient (Wildman–Crippen LogP) is 19.9. The second-order valence-electron chi connectivity index (χ2n) is 20.7. The summed E-state index contributed by atoms with van der Waals surface area (Å²) in [5.41, 5.74) is 23.5. The molecule has 0 aliphatic heterocycles. The number of furan rings is 1. The summed E-state index contributed by atoms with van der Waals surface area (Å²) in [6.07, 6.45) is 1.88. The largest absolute Gasteiger partial charge is 0.456 e. The third-order valence-corrected chi connectivity index (χ3v) is 15.1. The molecule has 11 aromatic carbocycles. The molecule has 82 heavy (non-hydrogen) atoms. The third kappa shape index (κ3) is 10.2. The summed E-state index contributed by atoms with van der Waals surface area (Å²) < 4.78 is 6.49. The molecule has 0 unspecified atom stereocenters. The van der Waals surface area contributed by atoms with Gasteiger partial charge in [0.1, 0.15) is 11.2 Å². The fourth-order valence-corrected chi connectivity index (χ4v) is 11.3. The molecule has 0 fully saturated rings. The van der Waals surface area contributed by atoms with Gasteiger partial charge < -0.3 is 9.40 Å². The zero-order valence-corrected chi connectivity index (χ0v) is 47.4. The summed E-state index contributed by atoms with van der Waals surface area (Å²) in [7, 11) is 0. The molecule has 0 saturated heterocycles. The Hall–Kier alpha value is -9.97. The summed E-state index contributed by atoms with van der Waals surface area (Å²) in [5, 5.41) is 2.13. The average Bonchev–Trinajstić information content (AvgIpc) is 3.94. The molecule has 1 radical (unpaired) electrons. The molecule has 0 amide bonds. The van der Waals surface area contributed by atoms with Crippen LogP contribution in [0.15, 0.2) is 278 Å². The predicted molar refractivity (Wildman–Crippen MR) is 333 cm³/mol. The first-order valence-electron chi connectivity index (χ1n) is 27.3. The summed E-state index contributed by atoms with van der Waals surface area (Å²) in [6, 6.07) is 97.4. The zero-order valence-electron chi connectivity index (χ0n) is 45.0. The van der Waals surface area contributed by atoms with E-state index >= 15 is 0 Å². The molecule has 0 saturated carbocycles. The number of para-hydroxylation sites is 1. The summed E-state index contributed by atoms with van der Waals surface area (Å²) in [4.78, 5) is 21.3. The van der Waals surface area contributed by atoms with Gasteiger partial charge >= 0.3 is 0 Å². The SMILES string of the molecule is Cc1cc(C)cc(-c2ccccc2-c2c[c-]c(-c3ccc(-c4nc(-c5cc(-c6ccccc6)cc(-c6ccccc6)c5)nc(-c5cc(-c6ccccc6)cc(-c6ccccc6)c5)n4)cn3)cc2-c2cccc3oc4ccccc4c23)c1.[Ir]. The van der Waals surface area contributed by atoms with E-state index in [9.17, 15) is 0 Å². The van der Waals surface area contributed by atoms with Crippen LogP contribution in [0, 0.1) is 19.9 Å². The first-order valence-corrected chi connectivity index (χ1v) is 27.3. The quantitative estimate of drug-likeness (QED) is 0.121. The van der Waals surface area contributed by atoms with Gasteiger partial charge in [0.15, 0.2) is 17.5 Å². The number of nitrogens with zero attached hydrogens (tertiary/aromatic N) is 4. The fraction of sp³-hybridized carbons (Fsp3) is 0.0263. The summed E-state index contributed by atoms with van der Waals surface area (Å²) in [6.45, 7) is 4.32. The van der Waals surface area contributed by atoms with Crippen LogP contribution in [0.1, 0.15) is 11.1 Å². The van der Waals surface area contributed by atoms with Crippen LogP contribution in [-0.4, -0.2) is 19.9 Å². The van der Waals surface area contributed by atoms with E-state index in [2.05, 4.69) is 250 Å². The molecular formula is C76H51IrN4O-. The van der Waals surface area contributed by atoms with E-state index in [-0.39, 0.29) is 20.1 Å². The molecule has 14 rings (SSSR count). The van der Waals surface area contributed by atoms with E-state index < -0.39 is 0 Å². The van der Waals surface area contributed by atoms with Crippen LogP contribution in [-0.2, 0) is 20.1 Å². The van der Waals surface area contributed by atoms with Crippen LogP contribution in [0.4, 0.5) is 0 Å². The Kier molecular flexibility index (Phi) is 14.0. The molecule has 6 heteroatoms. The Labute approximate surface area is 490 Å². The van der Waals surface area contributed by atoms with Crippen LogP contribution in [0.2, 0.25) is 0 Å². The number of pyridine rings is 1. The van der Waals surface area contributed by atoms with Gasteiger partial charge in [-0.25, -0.2) is 15.0 Å². The topological polar surface area (TPSA) is 64.7 Å². The number of hydrogen-bond donors (Lipinski definition) is 0. The van der Waals surface area contributed by atoms with Crippen molar-refractivity contribution in [1.29, 1.82) is 0 Å². The van der Waals surface area contributed by atoms with Crippen molar-refractivity contribution in [2.24, 2.45) is 0 Å². The maximum atomic E-state index is 6.49. The maximum absolute atomic E-state index is 6.49. The van der Waals surface area contributed by atoms with E-state index in [0.29, 0.717) is 17.5 Å². The average molecular weight is 1230 g/mol. The molecule has 0 spiro atoms. The Morgan fingerprint density at radius 1 is 0.317 bits per heavy atom. The van der Waals surface area contributed by atoms with Gasteiger partial charge in [0, 0.05) is 53.8 Å². The normalized spacial score (nSPS) is 11.2. The van der Waals surface area contributed by atoms with Crippen molar-refractivity contribution >= 4 is 21.9 Å². The number of rotatable bonds is 11. The Morgan fingerprint density at radius 2 is 0.768 bits per heavy atom. The molecule has 3 aromatic heterocycles. The molecule has 0 atom stereocenters. The molecule has 391 valence electrons. The van der Waals surface area contributed by atoms with Crippen LogP contribution in [0.3, 0.4) is 0 Å². The van der Waals surface area contributed by atoms with Gasteiger partial charge in [-0.15, -0.1) is 23.8 Å². The van der Waals surface area contributed by atoms with Crippen LogP contribution in [0.5, 0.6) is 0 Å². The van der Waals surface area contributed by atoms with Gasteiger partial charge in [-0.2, -0.15) is 0 Å². The fourth-order valence-electron chi connectivity index (χ4n) is 11.3. The molecule has 3 heterocycles. The smallest absolute Gasteiger partial charge is 0.165 e. The van der Waals surface area contributed by atoms with Crippen molar-refractivity contribution in [2.45, 2.75) is 13.8 Å². The monoisotopic (exact) mass is 1230 g/mol. The number of aromatic nitrogens is 4. The molecule has 5 nitrogen and oxygen atoms in total. The van der Waals surface area contributed by atoms with Crippen molar-refractivity contribution in [3.05, 3.63) is 290 Å². The number of benzene rings is 11. The van der Waals surface area contributed by atoms with Crippen LogP contribution < -0.4 is 0 Å². The van der Waals surface area contributed by atoms with E-state index in [4.69, 9.17) is 24.4 Å². The first-order chi connectivity index (χ1) is 39.9.